The number of amides is 3. The number of pyridine rings is 1. The zero-order valence-corrected chi connectivity index (χ0v) is 19.1. The Labute approximate surface area is 192 Å². The van der Waals surface area contributed by atoms with Gasteiger partial charge in [-0.2, -0.15) is 0 Å². The van der Waals surface area contributed by atoms with E-state index >= 15 is 0 Å². The van der Waals surface area contributed by atoms with Crippen molar-refractivity contribution in [2.75, 3.05) is 24.1 Å². The summed E-state index contributed by atoms with van der Waals surface area (Å²) in [6.45, 7) is 5.98. The number of nitrogen functional groups attached to an aromatic ring is 1. The maximum atomic E-state index is 13.2. The van der Waals surface area contributed by atoms with E-state index in [2.05, 4.69) is 10.3 Å². The van der Waals surface area contributed by atoms with Gasteiger partial charge < -0.3 is 25.6 Å². The molecule has 1 aromatic carbocycles. The van der Waals surface area contributed by atoms with E-state index in [0.717, 1.165) is 18.4 Å². The molecule has 9 heteroatoms. The summed E-state index contributed by atoms with van der Waals surface area (Å²) >= 11 is 0. The molecule has 0 unspecified atom stereocenters. The van der Waals surface area contributed by atoms with E-state index in [1.165, 1.54) is 11.1 Å². The maximum absolute atomic E-state index is 13.2. The molecule has 9 nitrogen and oxygen atoms in total. The highest BCUT2D eigenvalue weighted by molar-refractivity contribution is 6.39. The predicted octanol–water partition coefficient (Wildman–Crippen LogP) is 2.87. The van der Waals surface area contributed by atoms with Crippen molar-refractivity contribution >= 4 is 29.4 Å². The summed E-state index contributed by atoms with van der Waals surface area (Å²) in [6.07, 6.45) is 2.74. The van der Waals surface area contributed by atoms with Crippen LogP contribution < -0.4 is 11.1 Å². The lowest BCUT2D eigenvalue weighted by atomic mass is 9.99. The van der Waals surface area contributed by atoms with Crippen molar-refractivity contribution in [3.05, 3.63) is 53.7 Å². The van der Waals surface area contributed by atoms with Crippen LogP contribution >= 0.6 is 0 Å². The molecule has 1 aromatic heterocycles. The Bertz CT molecular complexity index is 1070. The van der Waals surface area contributed by atoms with E-state index in [4.69, 9.17) is 10.5 Å². The van der Waals surface area contributed by atoms with Crippen molar-refractivity contribution < 1.29 is 19.1 Å². The van der Waals surface area contributed by atoms with Gasteiger partial charge in [0.1, 0.15) is 11.4 Å². The fourth-order valence-corrected chi connectivity index (χ4v) is 3.93. The van der Waals surface area contributed by atoms with Crippen LogP contribution in [0, 0.1) is 6.92 Å². The molecule has 4 rings (SSSR count). The Morgan fingerprint density at radius 3 is 2.48 bits per heavy atom. The second kappa shape index (κ2) is 8.73. The number of aromatic nitrogens is 1. The minimum atomic E-state index is -0.768. The lowest BCUT2D eigenvalue weighted by molar-refractivity contribution is -0.147. The number of nitrogens with zero attached hydrogens (tertiary/aromatic N) is 3. The molecule has 2 atom stereocenters. The Kier molecular flexibility index (Phi) is 5.97. The van der Waals surface area contributed by atoms with Crippen LogP contribution in [0.5, 0.6) is 0 Å². The standard InChI is InChI=1S/C24H29N5O4/c1-15-11-18(12-26-20(15)25)27-21(30)22(31)29-13-16(2)28(23(32)33-24(3)9-10-24)14-19(29)17-7-5-4-6-8-17/h4-8,11-12,16,19H,9-10,13-14H2,1-3H3,(H2,25,26)(H,27,30)/t16-,19-/m1/s1. The van der Waals surface area contributed by atoms with Crippen molar-refractivity contribution in [1.29, 1.82) is 0 Å². The van der Waals surface area contributed by atoms with Crippen LogP contribution in [0.25, 0.3) is 0 Å². The van der Waals surface area contributed by atoms with Gasteiger partial charge in [0.05, 0.1) is 17.9 Å². The third kappa shape index (κ3) is 4.92. The number of piperazine rings is 1. The second-order valence-electron chi connectivity index (χ2n) is 9.08. The number of nitrogens with two attached hydrogens (primary N) is 1. The first-order chi connectivity index (χ1) is 15.7. The fraction of sp³-hybridized carbons (Fsp3) is 0.417. The quantitative estimate of drug-likeness (QED) is 0.693. The van der Waals surface area contributed by atoms with Crippen LogP contribution in [0.1, 0.15) is 43.9 Å². The summed E-state index contributed by atoms with van der Waals surface area (Å²) in [4.78, 5) is 46.1. The topological polar surface area (TPSA) is 118 Å². The van der Waals surface area contributed by atoms with Crippen LogP contribution in [-0.2, 0) is 14.3 Å². The number of carbonyl (C=O) groups is 3. The number of rotatable bonds is 3. The molecule has 3 amide bonds. The van der Waals surface area contributed by atoms with Crippen LogP contribution in [-0.4, -0.2) is 57.4 Å². The van der Waals surface area contributed by atoms with Gasteiger partial charge >= 0.3 is 17.9 Å². The molecule has 0 radical (unpaired) electrons. The smallest absolute Gasteiger partial charge is 0.410 e. The number of benzene rings is 1. The normalized spacial score (nSPS) is 21.3. The highest BCUT2D eigenvalue weighted by Crippen LogP contribution is 2.40. The number of aryl methyl sites for hydroxylation is 1. The minimum absolute atomic E-state index is 0.205. The van der Waals surface area contributed by atoms with Gasteiger partial charge in [-0.1, -0.05) is 30.3 Å². The summed E-state index contributed by atoms with van der Waals surface area (Å²) in [6, 6.07) is 10.3. The first kappa shape index (κ1) is 22.6. The first-order valence-corrected chi connectivity index (χ1v) is 11.1. The Morgan fingerprint density at radius 2 is 1.85 bits per heavy atom. The molecule has 174 valence electrons. The van der Waals surface area contributed by atoms with E-state index in [0.29, 0.717) is 17.1 Å². The van der Waals surface area contributed by atoms with E-state index < -0.39 is 23.5 Å². The molecule has 33 heavy (non-hydrogen) atoms. The third-order valence-electron chi connectivity index (χ3n) is 6.28. The van der Waals surface area contributed by atoms with Crippen molar-refractivity contribution in [1.82, 2.24) is 14.8 Å². The van der Waals surface area contributed by atoms with Crippen molar-refractivity contribution in [2.24, 2.45) is 0 Å². The van der Waals surface area contributed by atoms with Crippen LogP contribution in [0.3, 0.4) is 0 Å². The number of anilines is 2. The summed E-state index contributed by atoms with van der Waals surface area (Å²) in [5.41, 5.74) is 7.27. The molecular formula is C24H29N5O4. The molecule has 0 spiro atoms. The van der Waals surface area contributed by atoms with E-state index in [1.807, 2.05) is 44.2 Å². The van der Waals surface area contributed by atoms with Crippen molar-refractivity contribution in [3.8, 4) is 0 Å². The summed E-state index contributed by atoms with van der Waals surface area (Å²) in [5.74, 6) is -1.08. The summed E-state index contributed by atoms with van der Waals surface area (Å²) in [7, 11) is 0. The van der Waals surface area contributed by atoms with Gasteiger partial charge in [-0.15, -0.1) is 0 Å². The SMILES string of the molecule is Cc1cc(NC(=O)C(=O)N2C[C@@H](C)N(C(=O)OC3(C)CC3)C[C@@H]2c2ccccc2)cnc1N. The minimum Gasteiger partial charge on any atom is -0.443 e. The number of ether oxygens (including phenoxy) is 1. The molecule has 2 heterocycles. The zero-order valence-electron chi connectivity index (χ0n) is 19.1. The van der Waals surface area contributed by atoms with Gasteiger partial charge in [0.25, 0.3) is 0 Å². The highest BCUT2D eigenvalue weighted by atomic mass is 16.6. The summed E-state index contributed by atoms with van der Waals surface area (Å²) < 4.78 is 5.67. The molecule has 2 aliphatic rings. The van der Waals surface area contributed by atoms with Gasteiger partial charge in [-0.3, -0.25) is 9.59 Å². The Balaban J connectivity index is 1.54. The zero-order chi connectivity index (χ0) is 23.8. The highest BCUT2D eigenvalue weighted by Gasteiger charge is 2.45. The van der Waals surface area contributed by atoms with Gasteiger partial charge in [0, 0.05) is 19.1 Å². The average Bonchev–Trinajstić information content (AvgIpc) is 3.52. The Hall–Kier alpha value is -3.62. The number of hydrogen-bond acceptors (Lipinski definition) is 6. The first-order valence-electron chi connectivity index (χ1n) is 11.1. The second-order valence-corrected chi connectivity index (χ2v) is 9.08. The van der Waals surface area contributed by atoms with E-state index in [-0.39, 0.29) is 25.2 Å². The molecule has 0 bridgehead atoms. The molecule has 2 fully saturated rings. The van der Waals surface area contributed by atoms with Crippen molar-refractivity contribution in [2.45, 2.75) is 51.3 Å². The van der Waals surface area contributed by atoms with Gasteiger partial charge in [-0.05, 0) is 50.8 Å². The van der Waals surface area contributed by atoms with Gasteiger partial charge in [0.2, 0.25) is 0 Å². The molecule has 3 N–H and O–H groups in total. The summed E-state index contributed by atoms with van der Waals surface area (Å²) in [5, 5.41) is 2.61. The lowest BCUT2D eigenvalue weighted by Gasteiger charge is -2.44. The number of nitrogens with one attached hydrogen (secondary N) is 1. The Morgan fingerprint density at radius 1 is 1.15 bits per heavy atom. The van der Waals surface area contributed by atoms with Gasteiger partial charge in [0.15, 0.2) is 0 Å². The average molecular weight is 452 g/mol. The van der Waals surface area contributed by atoms with E-state index in [1.54, 1.807) is 17.9 Å². The van der Waals surface area contributed by atoms with E-state index in [9.17, 15) is 14.4 Å². The fourth-order valence-electron chi connectivity index (χ4n) is 3.93. The largest absolute Gasteiger partial charge is 0.443 e. The van der Waals surface area contributed by atoms with Crippen molar-refractivity contribution in [3.63, 3.8) is 0 Å². The van der Waals surface area contributed by atoms with Crippen LogP contribution in [0.2, 0.25) is 0 Å². The lowest BCUT2D eigenvalue weighted by Crippen LogP contribution is -2.58. The molecule has 1 saturated heterocycles. The molecule has 1 aliphatic carbocycles. The number of carbonyl (C=O) groups excluding carboxylic acids is 3. The maximum Gasteiger partial charge on any atom is 0.410 e. The molecule has 2 aromatic rings. The van der Waals surface area contributed by atoms with Crippen LogP contribution in [0.4, 0.5) is 16.3 Å². The molecule has 1 aliphatic heterocycles. The van der Waals surface area contributed by atoms with Gasteiger partial charge in [-0.25, -0.2) is 9.78 Å². The third-order valence-corrected chi connectivity index (χ3v) is 6.28. The predicted molar refractivity (Wildman–Crippen MR) is 123 cm³/mol. The van der Waals surface area contributed by atoms with Crippen LogP contribution in [0.15, 0.2) is 42.6 Å². The molecular weight excluding hydrogens is 422 g/mol. The monoisotopic (exact) mass is 451 g/mol. The number of hydrogen-bond donors (Lipinski definition) is 2. The molecule has 1 saturated carbocycles.